The standard InChI is InChI=1S/C17H16BrN5O/c1-12(24)22(2)16(13-6-4-3-5-7-13)17-19-20-21-23(17)15-10-8-14(18)9-11-15/h3-11,16H,1-2H3/t16-/m0/s1. The SMILES string of the molecule is CC(=O)N(C)[C@@H](c1ccccc1)c1nnnn1-c1ccc(Br)cc1. The molecule has 0 bridgehead atoms. The Morgan fingerprint density at radius 2 is 1.79 bits per heavy atom. The molecule has 1 amide bonds. The van der Waals surface area contributed by atoms with Crippen molar-refractivity contribution >= 4 is 21.8 Å². The molecule has 1 atom stereocenters. The zero-order valence-corrected chi connectivity index (χ0v) is 14.9. The largest absolute Gasteiger partial charge is 0.332 e. The van der Waals surface area contributed by atoms with Crippen molar-refractivity contribution in [1.82, 2.24) is 25.1 Å². The van der Waals surface area contributed by atoms with E-state index in [1.54, 1.807) is 16.6 Å². The Labute approximate surface area is 148 Å². The lowest BCUT2D eigenvalue weighted by atomic mass is 10.0. The van der Waals surface area contributed by atoms with Crippen molar-refractivity contribution in [3.63, 3.8) is 0 Å². The molecule has 3 aromatic rings. The van der Waals surface area contributed by atoms with Gasteiger partial charge < -0.3 is 4.90 Å². The summed E-state index contributed by atoms with van der Waals surface area (Å²) in [5.41, 5.74) is 1.78. The second-order valence-corrected chi connectivity index (χ2v) is 6.28. The lowest BCUT2D eigenvalue weighted by molar-refractivity contribution is -0.129. The minimum absolute atomic E-state index is 0.0609. The van der Waals surface area contributed by atoms with Crippen molar-refractivity contribution < 1.29 is 4.79 Å². The summed E-state index contributed by atoms with van der Waals surface area (Å²) in [6.45, 7) is 1.53. The number of benzene rings is 2. The van der Waals surface area contributed by atoms with Gasteiger partial charge in [-0.3, -0.25) is 4.79 Å². The molecule has 0 fully saturated rings. The molecule has 1 heterocycles. The maximum Gasteiger partial charge on any atom is 0.220 e. The molecule has 0 aliphatic rings. The Balaban J connectivity index is 2.11. The van der Waals surface area contributed by atoms with E-state index in [-0.39, 0.29) is 11.9 Å². The van der Waals surface area contributed by atoms with Gasteiger partial charge in [0.1, 0.15) is 6.04 Å². The molecular formula is C17H16BrN5O. The molecular weight excluding hydrogens is 370 g/mol. The maximum absolute atomic E-state index is 12.0. The Morgan fingerprint density at radius 1 is 1.12 bits per heavy atom. The summed E-state index contributed by atoms with van der Waals surface area (Å²) in [7, 11) is 1.75. The van der Waals surface area contributed by atoms with Gasteiger partial charge in [-0.1, -0.05) is 46.3 Å². The van der Waals surface area contributed by atoms with E-state index in [0.29, 0.717) is 5.82 Å². The van der Waals surface area contributed by atoms with E-state index in [2.05, 4.69) is 31.5 Å². The predicted molar refractivity (Wildman–Crippen MR) is 93.6 cm³/mol. The summed E-state index contributed by atoms with van der Waals surface area (Å²) in [4.78, 5) is 13.6. The zero-order valence-electron chi connectivity index (χ0n) is 13.3. The molecule has 0 N–H and O–H groups in total. The monoisotopic (exact) mass is 385 g/mol. The molecule has 1 aromatic heterocycles. The third kappa shape index (κ3) is 3.21. The second kappa shape index (κ2) is 6.92. The average molecular weight is 386 g/mol. The Morgan fingerprint density at radius 3 is 2.42 bits per heavy atom. The fourth-order valence-electron chi connectivity index (χ4n) is 2.49. The molecule has 0 spiro atoms. The van der Waals surface area contributed by atoms with E-state index >= 15 is 0 Å². The van der Waals surface area contributed by atoms with Gasteiger partial charge in [-0.25, -0.2) is 0 Å². The number of carbonyl (C=O) groups excluding carboxylic acids is 1. The van der Waals surface area contributed by atoms with Gasteiger partial charge in [0.15, 0.2) is 5.82 Å². The van der Waals surface area contributed by atoms with Gasteiger partial charge in [0.2, 0.25) is 5.91 Å². The van der Waals surface area contributed by atoms with E-state index < -0.39 is 0 Å². The summed E-state index contributed by atoms with van der Waals surface area (Å²) in [5.74, 6) is 0.524. The molecule has 3 rings (SSSR count). The van der Waals surface area contributed by atoms with E-state index in [9.17, 15) is 4.79 Å². The molecule has 0 saturated carbocycles. The Hall–Kier alpha value is -2.54. The first kappa shape index (κ1) is 16.3. The summed E-state index contributed by atoms with van der Waals surface area (Å²) >= 11 is 3.42. The molecule has 7 heteroatoms. The van der Waals surface area contributed by atoms with Gasteiger partial charge in [0, 0.05) is 18.4 Å². The molecule has 122 valence electrons. The number of tetrazole rings is 1. The summed E-state index contributed by atoms with van der Waals surface area (Å²) in [5, 5.41) is 12.1. The van der Waals surface area contributed by atoms with Gasteiger partial charge in [-0.2, -0.15) is 4.68 Å². The lowest BCUT2D eigenvalue weighted by Crippen LogP contribution is -2.32. The van der Waals surface area contributed by atoms with Crippen molar-refractivity contribution in [2.75, 3.05) is 7.05 Å². The summed E-state index contributed by atoms with van der Waals surface area (Å²) < 4.78 is 2.63. The Kier molecular flexibility index (Phi) is 4.71. The van der Waals surface area contributed by atoms with Crippen LogP contribution in [0.1, 0.15) is 24.4 Å². The maximum atomic E-state index is 12.0. The highest BCUT2D eigenvalue weighted by Gasteiger charge is 2.27. The Bertz CT molecular complexity index is 832. The fourth-order valence-corrected chi connectivity index (χ4v) is 2.76. The first-order valence-electron chi connectivity index (χ1n) is 7.40. The summed E-state index contributed by atoms with van der Waals surface area (Å²) in [6.07, 6.45) is 0. The number of carbonyl (C=O) groups is 1. The predicted octanol–water partition coefficient (Wildman–Crippen LogP) is 2.99. The molecule has 6 nitrogen and oxygen atoms in total. The minimum Gasteiger partial charge on any atom is -0.332 e. The van der Waals surface area contributed by atoms with Crippen LogP contribution in [-0.4, -0.2) is 38.1 Å². The van der Waals surface area contributed by atoms with Crippen molar-refractivity contribution in [1.29, 1.82) is 0 Å². The lowest BCUT2D eigenvalue weighted by Gasteiger charge is -2.26. The highest BCUT2D eigenvalue weighted by atomic mass is 79.9. The smallest absolute Gasteiger partial charge is 0.220 e. The van der Waals surface area contributed by atoms with Crippen LogP contribution in [0, 0.1) is 0 Å². The van der Waals surface area contributed by atoms with E-state index in [1.807, 2.05) is 54.6 Å². The number of halogens is 1. The molecule has 24 heavy (non-hydrogen) atoms. The van der Waals surface area contributed by atoms with Crippen LogP contribution in [0.3, 0.4) is 0 Å². The van der Waals surface area contributed by atoms with Crippen LogP contribution in [0.5, 0.6) is 0 Å². The third-order valence-electron chi connectivity index (χ3n) is 3.81. The molecule has 0 aliphatic heterocycles. The van der Waals surface area contributed by atoms with Crippen LogP contribution in [0.15, 0.2) is 59.1 Å². The van der Waals surface area contributed by atoms with Crippen molar-refractivity contribution in [3.8, 4) is 5.69 Å². The van der Waals surface area contributed by atoms with Gasteiger partial charge in [0.25, 0.3) is 0 Å². The van der Waals surface area contributed by atoms with Crippen LogP contribution < -0.4 is 0 Å². The fraction of sp³-hybridized carbons (Fsp3) is 0.176. The molecule has 2 aromatic carbocycles. The molecule has 0 unspecified atom stereocenters. The van der Waals surface area contributed by atoms with E-state index in [4.69, 9.17) is 0 Å². The highest BCUT2D eigenvalue weighted by Crippen LogP contribution is 2.27. The molecule has 0 saturated heterocycles. The number of hydrogen-bond donors (Lipinski definition) is 0. The van der Waals surface area contributed by atoms with Gasteiger partial charge >= 0.3 is 0 Å². The van der Waals surface area contributed by atoms with Crippen molar-refractivity contribution in [2.45, 2.75) is 13.0 Å². The number of hydrogen-bond acceptors (Lipinski definition) is 4. The molecule has 0 aliphatic carbocycles. The van der Waals surface area contributed by atoms with Crippen LogP contribution in [-0.2, 0) is 4.79 Å². The van der Waals surface area contributed by atoms with E-state index in [0.717, 1.165) is 15.7 Å². The van der Waals surface area contributed by atoms with Crippen LogP contribution >= 0.6 is 15.9 Å². The van der Waals surface area contributed by atoms with Gasteiger partial charge in [-0.15, -0.1) is 5.10 Å². The quantitative estimate of drug-likeness (QED) is 0.692. The topological polar surface area (TPSA) is 63.9 Å². The van der Waals surface area contributed by atoms with Gasteiger partial charge in [0.05, 0.1) is 5.69 Å². The first-order valence-corrected chi connectivity index (χ1v) is 8.20. The molecule has 0 radical (unpaired) electrons. The van der Waals surface area contributed by atoms with Crippen LogP contribution in [0.25, 0.3) is 5.69 Å². The number of nitrogens with zero attached hydrogens (tertiary/aromatic N) is 5. The summed E-state index contributed by atoms with van der Waals surface area (Å²) in [6, 6.07) is 17.0. The zero-order chi connectivity index (χ0) is 17.1. The van der Waals surface area contributed by atoms with Crippen LogP contribution in [0.2, 0.25) is 0 Å². The van der Waals surface area contributed by atoms with E-state index in [1.165, 1.54) is 6.92 Å². The third-order valence-corrected chi connectivity index (χ3v) is 4.34. The van der Waals surface area contributed by atoms with Gasteiger partial charge in [-0.05, 0) is 40.3 Å². The van der Waals surface area contributed by atoms with Crippen LogP contribution in [0.4, 0.5) is 0 Å². The van der Waals surface area contributed by atoms with Crippen molar-refractivity contribution in [2.24, 2.45) is 0 Å². The second-order valence-electron chi connectivity index (χ2n) is 5.37. The number of aromatic nitrogens is 4. The highest BCUT2D eigenvalue weighted by molar-refractivity contribution is 9.10. The number of rotatable bonds is 4. The average Bonchev–Trinajstić information content (AvgIpc) is 3.06. The normalized spacial score (nSPS) is 12.0. The van der Waals surface area contributed by atoms with Crippen molar-refractivity contribution in [3.05, 3.63) is 70.5 Å². The first-order chi connectivity index (χ1) is 11.6. The number of amides is 1. The minimum atomic E-state index is -0.373.